The lowest BCUT2D eigenvalue weighted by molar-refractivity contribution is 0.423. The van der Waals surface area contributed by atoms with Crippen molar-refractivity contribution >= 4 is 23.2 Å². The fraction of sp³-hybridized carbons (Fsp3) is 0.0714. The van der Waals surface area contributed by atoms with Crippen molar-refractivity contribution in [1.29, 1.82) is 5.26 Å². The van der Waals surface area contributed by atoms with Crippen LogP contribution in [0.4, 0.5) is 0 Å². The Labute approximate surface area is 130 Å². The smallest absolute Gasteiger partial charge is 0.274 e. The van der Waals surface area contributed by atoms with Crippen LogP contribution in [0, 0.1) is 11.3 Å². The molecule has 0 atom stereocenters. The number of benzene rings is 1. The predicted molar refractivity (Wildman–Crippen MR) is 78.1 cm³/mol. The highest BCUT2D eigenvalue weighted by Crippen LogP contribution is 2.24. The van der Waals surface area contributed by atoms with Crippen LogP contribution >= 0.6 is 23.2 Å². The van der Waals surface area contributed by atoms with Crippen molar-refractivity contribution in [3.8, 4) is 17.7 Å². The van der Waals surface area contributed by atoms with Gasteiger partial charge >= 0.3 is 0 Å². The zero-order valence-electron chi connectivity index (χ0n) is 10.6. The molecular weight excluding hydrogens is 311 g/mol. The summed E-state index contributed by atoms with van der Waals surface area (Å²) < 4.78 is 5.17. The first kappa shape index (κ1) is 13.7. The van der Waals surface area contributed by atoms with Gasteiger partial charge in [0.05, 0.1) is 10.0 Å². The zero-order valence-corrected chi connectivity index (χ0v) is 12.1. The zero-order chi connectivity index (χ0) is 14.8. The minimum absolute atomic E-state index is 0.339. The molecule has 0 saturated heterocycles. The molecule has 0 aliphatic heterocycles. The number of halogens is 2. The Bertz CT molecular complexity index is 832. The van der Waals surface area contributed by atoms with Crippen LogP contribution in [-0.2, 0) is 6.42 Å². The number of rotatable bonds is 3. The summed E-state index contributed by atoms with van der Waals surface area (Å²) in [6, 6.07) is 10.7. The van der Waals surface area contributed by atoms with Crippen LogP contribution < -0.4 is 0 Å². The molecule has 21 heavy (non-hydrogen) atoms. The molecule has 0 radical (unpaired) electrons. The van der Waals surface area contributed by atoms with Gasteiger partial charge in [-0.3, -0.25) is 0 Å². The predicted octanol–water partition coefficient (Wildman–Crippen LogP) is 3.83. The van der Waals surface area contributed by atoms with Crippen molar-refractivity contribution in [3.63, 3.8) is 0 Å². The molecule has 1 aromatic carbocycles. The maximum Gasteiger partial charge on any atom is 0.274 e. The molecule has 0 saturated carbocycles. The first-order valence-corrected chi connectivity index (χ1v) is 6.77. The summed E-state index contributed by atoms with van der Waals surface area (Å²) >= 11 is 11.8. The van der Waals surface area contributed by atoms with Gasteiger partial charge in [-0.25, -0.2) is 0 Å². The molecule has 2 aromatic heterocycles. The van der Waals surface area contributed by atoms with Crippen LogP contribution in [0.5, 0.6) is 0 Å². The Balaban J connectivity index is 1.81. The maximum absolute atomic E-state index is 8.78. The second-order valence-electron chi connectivity index (χ2n) is 4.34. The van der Waals surface area contributed by atoms with Crippen LogP contribution in [0.2, 0.25) is 10.0 Å². The minimum Gasteiger partial charge on any atom is -0.342 e. The Morgan fingerprint density at radius 3 is 2.76 bits per heavy atom. The first-order chi connectivity index (χ1) is 10.2. The number of nitrogens with one attached hydrogen (secondary N) is 1. The van der Waals surface area contributed by atoms with Gasteiger partial charge in [0.15, 0.2) is 5.82 Å². The van der Waals surface area contributed by atoms with Crippen molar-refractivity contribution in [2.75, 3.05) is 0 Å². The third-order valence-corrected chi connectivity index (χ3v) is 3.59. The largest absolute Gasteiger partial charge is 0.342 e. The number of hydrogen-bond donors (Lipinski definition) is 1. The molecule has 0 aliphatic carbocycles. The van der Waals surface area contributed by atoms with Crippen molar-refractivity contribution in [2.45, 2.75) is 6.42 Å². The lowest BCUT2D eigenvalue weighted by atomic mass is 10.1. The van der Waals surface area contributed by atoms with Crippen molar-refractivity contribution in [1.82, 2.24) is 15.1 Å². The highest BCUT2D eigenvalue weighted by molar-refractivity contribution is 6.42. The van der Waals surface area contributed by atoms with E-state index in [-0.39, 0.29) is 0 Å². The molecule has 3 aromatic rings. The summed E-state index contributed by atoms with van der Waals surface area (Å²) in [4.78, 5) is 7.16. The van der Waals surface area contributed by atoms with Crippen molar-refractivity contribution in [3.05, 3.63) is 57.5 Å². The van der Waals surface area contributed by atoms with E-state index in [2.05, 4.69) is 15.1 Å². The van der Waals surface area contributed by atoms with E-state index in [1.807, 2.05) is 12.1 Å². The number of aromatic amines is 1. The van der Waals surface area contributed by atoms with Crippen molar-refractivity contribution < 1.29 is 4.52 Å². The first-order valence-electron chi connectivity index (χ1n) is 6.01. The lowest BCUT2D eigenvalue weighted by Crippen LogP contribution is -1.91. The summed E-state index contributed by atoms with van der Waals surface area (Å²) in [5, 5.41) is 13.7. The van der Waals surface area contributed by atoms with Crippen LogP contribution in [0.3, 0.4) is 0 Å². The molecule has 3 rings (SSSR count). The number of nitriles is 1. The average molecular weight is 319 g/mol. The molecule has 104 valence electrons. The Hall–Kier alpha value is -2.29. The van der Waals surface area contributed by atoms with E-state index in [1.165, 1.54) is 0 Å². The monoisotopic (exact) mass is 318 g/mol. The van der Waals surface area contributed by atoms with E-state index < -0.39 is 0 Å². The quantitative estimate of drug-likeness (QED) is 0.795. The molecule has 0 amide bonds. The Morgan fingerprint density at radius 1 is 1.19 bits per heavy atom. The third kappa shape index (κ3) is 2.92. The third-order valence-electron chi connectivity index (χ3n) is 2.85. The number of nitrogens with zero attached hydrogens (tertiary/aromatic N) is 3. The number of aromatic nitrogens is 3. The van der Waals surface area contributed by atoms with Gasteiger partial charge in [0.25, 0.3) is 5.89 Å². The van der Waals surface area contributed by atoms with Gasteiger partial charge in [0.2, 0.25) is 0 Å². The van der Waals surface area contributed by atoms with Gasteiger partial charge in [0, 0.05) is 6.42 Å². The van der Waals surface area contributed by atoms with Gasteiger partial charge in [-0.1, -0.05) is 34.4 Å². The topological polar surface area (TPSA) is 78.5 Å². The fourth-order valence-corrected chi connectivity index (χ4v) is 2.17. The van der Waals surface area contributed by atoms with Gasteiger partial charge in [-0.2, -0.15) is 10.2 Å². The van der Waals surface area contributed by atoms with E-state index in [9.17, 15) is 0 Å². The SMILES string of the molecule is N#Cc1ccc(-c2nc(Cc3ccc(Cl)c(Cl)c3)no2)[nH]1. The van der Waals surface area contributed by atoms with Gasteiger partial charge < -0.3 is 9.51 Å². The molecule has 0 unspecified atom stereocenters. The normalized spacial score (nSPS) is 10.5. The minimum atomic E-state index is 0.339. The van der Waals surface area contributed by atoms with E-state index in [4.69, 9.17) is 33.0 Å². The summed E-state index contributed by atoms with van der Waals surface area (Å²) in [6.07, 6.45) is 0.478. The van der Waals surface area contributed by atoms with E-state index in [0.29, 0.717) is 39.6 Å². The summed E-state index contributed by atoms with van der Waals surface area (Å²) in [5.41, 5.74) is 1.98. The standard InChI is InChI=1S/C14H8Cl2N4O/c15-10-3-1-8(5-11(10)16)6-13-19-14(21-20-13)12-4-2-9(7-17)18-12/h1-5,18H,6H2. The van der Waals surface area contributed by atoms with Crippen LogP contribution in [0.15, 0.2) is 34.9 Å². The average Bonchev–Trinajstić information content (AvgIpc) is 3.11. The van der Waals surface area contributed by atoms with E-state index in [0.717, 1.165) is 5.56 Å². The van der Waals surface area contributed by atoms with Crippen LogP contribution in [0.25, 0.3) is 11.6 Å². The summed E-state index contributed by atoms with van der Waals surface area (Å²) in [5.74, 6) is 0.864. The molecule has 0 spiro atoms. The second kappa shape index (κ2) is 5.60. The fourth-order valence-electron chi connectivity index (χ4n) is 1.85. The molecular formula is C14H8Cl2N4O. The van der Waals surface area contributed by atoms with E-state index >= 15 is 0 Å². The van der Waals surface area contributed by atoms with Crippen LogP contribution in [0.1, 0.15) is 17.1 Å². The number of H-pyrrole nitrogens is 1. The maximum atomic E-state index is 8.78. The molecule has 7 heteroatoms. The van der Waals surface area contributed by atoms with Crippen LogP contribution in [-0.4, -0.2) is 15.1 Å². The lowest BCUT2D eigenvalue weighted by Gasteiger charge is -1.99. The molecule has 2 heterocycles. The molecule has 0 aliphatic rings. The Morgan fingerprint density at radius 2 is 2.05 bits per heavy atom. The van der Waals surface area contributed by atoms with Gasteiger partial charge in [-0.05, 0) is 29.8 Å². The summed E-state index contributed by atoms with van der Waals surface area (Å²) in [6.45, 7) is 0. The molecule has 0 bridgehead atoms. The molecule has 0 fully saturated rings. The van der Waals surface area contributed by atoms with Crippen molar-refractivity contribution in [2.24, 2.45) is 0 Å². The van der Waals surface area contributed by atoms with Gasteiger partial charge in [-0.15, -0.1) is 0 Å². The number of hydrogen-bond acceptors (Lipinski definition) is 4. The summed E-state index contributed by atoms with van der Waals surface area (Å²) in [7, 11) is 0. The van der Waals surface area contributed by atoms with E-state index in [1.54, 1.807) is 24.3 Å². The highest BCUT2D eigenvalue weighted by Gasteiger charge is 2.11. The Kier molecular flexibility index (Phi) is 3.65. The molecule has 1 N–H and O–H groups in total. The van der Waals surface area contributed by atoms with Gasteiger partial charge in [0.1, 0.15) is 17.5 Å². The molecule has 5 nitrogen and oxygen atoms in total. The second-order valence-corrected chi connectivity index (χ2v) is 5.15. The highest BCUT2D eigenvalue weighted by atomic mass is 35.5.